The van der Waals surface area contributed by atoms with E-state index in [1.54, 1.807) is 11.3 Å². The molecule has 0 fully saturated rings. The number of halogens is 1. The van der Waals surface area contributed by atoms with Gasteiger partial charge >= 0.3 is 0 Å². The van der Waals surface area contributed by atoms with Crippen LogP contribution in [0.4, 0.5) is 5.82 Å². The van der Waals surface area contributed by atoms with E-state index >= 15 is 0 Å². The molecule has 2 aromatic heterocycles. The van der Waals surface area contributed by atoms with Crippen LogP contribution in [0.1, 0.15) is 5.01 Å². The molecule has 3 N–H and O–H groups in total. The number of aromatic amines is 1. The summed E-state index contributed by atoms with van der Waals surface area (Å²) in [5, 5.41) is 8.74. The fourth-order valence-electron chi connectivity index (χ4n) is 1.95. The van der Waals surface area contributed by atoms with E-state index in [-0.39, 0.29) is 0 Å². The van der Waals surface area contributed by atoms with Gasteiger partial charge in [-0.05, 0) is 24.6 Å². The summed E-state index contributed by atoms with van der Waals surface area (Å²) in [7, 11) is 0. The average Bonchev–Trinajstić information content (AvgIpc) is 2.95. The van der Waals surface area contributed by atoms with Gasteiger partial charge in [0.2, 0.25) is 0 Å². The number of nitrogens with zero attached hydrogens (tertiary/aromatic N) is 2. The maximum atomic E-state index is 6.04. The topological polar surface area (TPSA) is 67.6 Å². The molecular weight excluding hydrogens is 280 g/mol. The second-order valence-electron chi connectivity index (χ2n) is 4.11. The molecule has 96 valence electrons. The monoisotopic (exact) mass is 290 g/mol. The molecule has 0 saturated carbocycles. The van der Waals surface area contributed by atoms with Gasteiger partial charge in [0, 0.05) is 11.2 Å². The summed E-state index contributed by atoms with van der Waals surface area (Å²) < 4.78 is 0. The van der Waals surface area contributed by atoms with E-state index in [2.05, 4.69) is 15.2 Å². The summed E-state index contributed by atoms with van der Waals surface area (Å²) in [5.74, 6) is 0.461. The van der Waals surface area contributed by atoms with Crippen LogP contribution in [-0.2, 0) is 0 Å². The van der Waals surface area contributed by atoms with Crippen LogP contribution in [0.5, 0.6) is 0 Å². The van der Waals surface area contributed by atoms with Crippen molar-refractivity contribution in [3.8, 4) is 21.7 Å². The van der Waals surface area contributed by atoms with E-state index in [9.17, 15) is 0 Å². The molecule has 0 aliphatic heterocycles. The van der Waals surface area contributed by atoms with E-state index < -0.39 is 0 Å². The molecule has 0 spiro atoms. The first kappa shape index (κ1) is 12.2. The smallest absolute Gasteiger partial charge is 0.153 e. The average molecular weight is 291 g/mol. The Kier molecular flexibility index (Phi) is 3.00. The summed E-state index contributed by atoms with van der Waals surface area (Å²) in [6.45, 7) is 1.97. The number of aryl methyl sites for hydroxylation is 1. The largest absolute Gasteiger partial charge is 0.382 e. The maximum Gasteiger partial charge on any atom is 0.153 e. The lowest BCUT2D eigenvalue weighted by atomic mass is 10.1. The molecule has 3 aromatic rings. The number of nitrogens with one attached hydrogen (secondary N) is 1. The lowest BCUT2D eigenvalue weighted by Crippen LogP contribution is -1.88. The Balaban J connectivity index is 2.19. The molecule has 0 radical (unpaired) electrons. The second-order valence-corrected chi connectivity index (χ2v) is 5.78. The number of nitrogens with two attached hydrogens (primary N) is 1. The summed E-state index contributed by atoms with van der Waals surface area (Å²) in [4.78, 5) is 5.27. The molecule has 19 heavy (non-hydrogen) atoms. The fourth-order valence-corrected chi connectivity index (χ4v) is 2.92. The van der Waals surface area contributed by atoms with E-state index in [1.165, 1.54) is 0 Å². The fraction of sp³-hybridized carbons (Fsp3) is 0.0769. The Bertz CT molecular complexity index is 732. The zero-order valence-electron chi connectivity index (χ0n) is 10.1. The molecule has 0 aliphatic rings. The van der Waals surface area contributed by atoms with Gasteiger partial charge in [0.1, 0.15) is 0 Å². The van der Waals surface area contributed by atoms with Crippen LogP contribution in [0.15, 0.2) is 30.5 Å². The zero-order valence-corrected chi connectivity index (χ0v) is 11.7. The van der Waals surface area contributed by atoms with Crippen LogP contribution in [0.25, 0.3) is 21.7 Å². The van der Waals surface area contributed by atoms with Gasteiger partial charge in [0.25, 0.3) is 0 Å². The van der Waals surface area contributed by atoms with Crippen LogP contribution in [0.3, 0.4) is 0 Å². The first-order valence-electron chi connectivity index (χ1n) is 5.67. The van der Waals surface area contributed by atoms with Crippen LogP contribution in [0, 0.1) is 6.92 Å². The Morgan fingerprint density at radius 3 is 2.89 bits per heavy atom. The first-order valence-corrected chi connectivity index (χ1v) is 6.87. The van der Waals surface area contributed by atoms with E-state index in [0.717, 1.165) is 26.7 Å². The minimum absolute atomic E-state index is 0.461. The quantitative estimate of drug-likeness (QED) is 0.755. The third-order valence-corrected chi connectivity index (χ3v) is 3.94. The van der Waals surface area contributed by atoms with Crippen LogP contribution >= 0.6 is 22.9 Å². The van der Waals surface area contributed by atoms with E-state index in [0.29, 0.717) is 10.8 Å². The summed E-state index contributed by atoms with van der Waals surface area (Å²) in [5.41, 5.74) is 8.66. The van der Waals surface area contributed by atoms with Crippen molar-refractivity contribution >= 4 is 28.8 Å². The third-order valence-electron chi connectivity index (χ3n) is 2.78. The number of H-pyrrole nitrogens is 1. The predicted octanol–water partition coefficient (Wildman–Crippen LogP) is 3.74. The van der Waals surface area contributed by atoms with Gasteiger partial charge in [-0.3, -0.25) is 5.10 Å². The molecule has 4 nitrogen and oxygen atoms in total. The van der Waals surface area contributed by atoms with Crippen LogP contribution in [0.2, 0.25) is 5.02 Å². The summed E-state index contributed by atoms with van der Waals surface area (Å²) >= 11 is 7.63. The van der Waals surface area contributed by atoms with Crippen molar-refractivity contribution in [2.24, 2.45) is 0 Å². The van der Waals surface area contributed by atoms with Crippen LogP contribution in [-0.4, -0.2) is 15.2 Å². The SMILES string of the molecule is Cc1ncc(-c2[nH]nc(N)c2-c2cccc(Cl)c2)s1. The van der Waals surface area contributed by atoms with E-state index in [4.69, 9.17) is 17.3 Å². The van der Waals surface area contributed by atoms with E-state index in [1.807, 2.05) is 37.4 Å². The molecule has 0 amide bonds. The maximum absolute atomic E-state index is 6.04. The molecule has 6 heteroatoms. The third kappa shape index (κ3) is 2.22. The lowest BCUT2D eigenvalue weighted by Gasteiger charge is -2.03. The normalized spacial score (nSPS) is 10.8. The van der Waals surface area contributed by atoms with Crippen LogP contribution < -0.4 is 5.73 Å². The number of rotatable bonds is 2. The highest BCUT2D eigenvalue weighted by molar-refractivity contribution is 7.15. The Morgan fingerprint density at radius 1 is 1.37 bits per heavy atom. The van der Waals surface area contributed by atoms with Crippen molar-refractivity contribution in [2.45, 2.75) is 6.92 Å². The molecule has 1 aromatic carbocycles. The van der Waals surface area contributed by atoms with Crippen molar-refractivity contribution in [1.29, 1.82) is 0 Å². The second kappa shape index (κ2) is 4.68. The molecule has 0 aliphatic carbocycles. The van der Waals surface area contributed by atoms with Crippen molar-refractivity contribution in [2.75, 3.05) is 5.73 Å². The van der Waals surface area contributed by atoms with Crippen molar-refractivity contribution < 1.29 is 0 Å². The number of hydrogen-bond donors (Lipinski definition) is 2. The van der Waals surface area contributed by atoms with Gasteiger partial charge < -0.3 is 5.73 Å². The van der Waals surface area contributed by atoms with Gasteiger partial charge in [0.15, 0.2) is 5.82 Å². The van der Waals surface area contributed by atoms with Gasteiger partial charge in [-0.25, -0.2) is 4.98 Å². The Morgan fingerprint density at radius 2 is 2.21 bits per heavy atom. The summed E-state index contributed by atoms with van der Waals surface area (Å²) in [6, 6.07) is 7.56. The lowest BCUT2D eigenvalue weighted by molar-refractivity contribution is 1.10. The Hall–Kier alpha value is -1.85. The first-order chi connectivity index (χ1) is 9.15. The Labute approximate surface area is 119 Å². The molecular formula is C13H11ClN4S. The van der Waals surface area contributed by atoms with Crippen molar-refractivity contribution in [1.82, 2.24) is 15.2 Å². The number of aromatic nitrogens is 3. The van der Waals surface area contributed by atoms with Gasteiger partial charge in [-0.1, -0.05) is 23.7 Å². The number of benzene rings is 1. The molecule has 3 rings (SSSR count). The van der Waals surface area contributed by atoms with Crippen molar-refractivity contribution in [3.63, 3.8) is 0 Å². The highest BCUT2D eigenvalue weighted by atomic mass is 35.5. The molecule has 0 saturated heterocycles. The standard InChI is InChI=1S/C13H11ClN4S/c1-7-16-6-10(19-7)12-11(13(15)18-17-12)8-3-2-4-9(14)5-8/h2-6H,1H3,(H3,15,17,18). The zero-order chi connectivity index (χ0) is 13.4. The number of nitrogen functional groups attached to an aromatic ring is 1. The highest BCUT2D eigenvalue weighted by Crippen LogP contribution is 2.37. The molecule has 2 heterocycles. The molecule has 0 atom stereocenters. The van der Waals surface area contributed by atoms with Crippen molar-refractivity contribution in [3.05, 3.63) is 40.5 Å². The minimum Gasteiger partial charge on any atom is -0.382 e. The number of thiazole rings is 1. The molecule has 0 bridgehead atoms. The minimum atomic E-state index is 0.461. The van der Waals surface area contributed by atoms with Gasteiger partial charge in [-0.15, -0.1) is 11.3 Å². The number of anilines is 1. The highest BCUT2D eigenvalue weighted by Gasteiger charge is 2.16. The summed E-state index contributed by atoms with van der Waals surface area (Å²) in [6.07, 6.45) is 1.82. The molecule has 0 unspecified atom stereocenters. The van der Waals surface area contributed by atoms with Gasteiger partial charge in [-0.2, -0.15) is 5.10 Å². The number of hydrogen-bond acceptors (Lipinski definition) is 4. The predicted molar refractivity (Wildman–Crippen MR) is 79.3 cm³/mol. The van der Waals surface area contributed by atoms with Gasteiger partial charge in [0.05, 0.1) is 21.1 Å².